The number of β-amino-alcohol motifs (C(OH)–C–C–N with tert-alkyl or cyclic N) is 1. The lowest BCUT2D eigenvalue weighted by Gasteiger charge is -2.25. The van der Waals surface area contributed by atoms with Gasteiger partial charge in [0.25, 0.3) is 0 Å². The number of carbonyl (C=O) groups is 1. The first kappa shape index (κ1) is 15.5. The highest BCUT2D eigenvalue weighted by Gasteiger charge is 2.38. The minimum atomic E-state index is -0.416. The van der Waals surface area contributed by atoms with Gasteiger partial charge in [-0.15, -0.1) is 0 Å². The predicted octanol–water partition coefficient (Wildman–Crippen LogP) is 0.892. The first-order valence-corrected chi connectivity index (χ1v) is 8.18. The van der Waals surface area contributed by atoms with E-state index < -0.39 is 6.10 Å². The van der Waals surface area contributed by atoms with E-state index in [1.54, 1.807) is 0 Å². The third-order valence-electron chi connectivity index (χ3n) is 4.99. The number of amides is 1. The Balaban J connectivity index is 1.55. The second-order valence-corrected chi connectivity index (χ2v) is 6.48. The van der Waals surface area contributed by atoms with Gasteiger partial charge < -0.3 is 14.5 Å². The van der Waals surface area contributed by atoms with Gasteiger partial charge in [0.2, 0.25) is 5.91 Å². The Kier molecular flexibility index (Phi) is 4.49. The number of hydrogen-bond acceptors (Lipinski definition) is 5. The number of likely N-dealkylation sites (tertiary alicyclic amines) is 2. The highest BCUT2D eigenvalue weighted by molar-refractivity contribution is 5.77. The fourth-order valence-electron chi connectivity index (χ4n) is 3.65. The topological polar surface area (TPSA) is 69.8 Å². The van der Waals surface area contributed by atoms with Crippen molar-refractivity contribution in [1.82, 2.24) is 15.0 Å². The van der Waals surface area contributed by atoms with Crippen molar-refractivity contribution in [3.05, 3.63) is 17.0 Å². The van der Waals surface area contributed by atoms with Gasteiger partial charge in [0.05, 0.1) is 17.8 Å². The molecule has 2 saturated heterocycles. The SMILES string of the molecule is Cc1noc(C)c1CCC(=O)N1C[C@@H](O)[C@H](N2CCCC2)C1. The molecule has 0 unspecified atom stereocenters. The van der Waals surface area contributed by atoms with E-state index in [0.29, 0.717) is 25.9 Å². The molecule has 0 aromatic carbocycles. The van der Waals surface area contributed by atoms with Crippen molar-refractivity contribution in [2.75, 3.05) is 26.2 Å². The van der Waals surface area contributed by atoms with Gasteiger partial charge in [-0.2, -0.15) is 0 Å². The van der Waals surface area contributed by atoms with Crippen molar-refractivity contribution in [2.24, 2.45) is 0 Å². The van der Waals surface area contributed by atoms with E-state index in [2.05, 4.69) is 10.1 Å². The Morgan fingerprint density at radius 2 is 2.05 bits per heavy atom. The molecule has 22 heavy (non-hydrogen) atoms. The van der Waals surface area contributed by atoms with Crippen LogP contribution in [0.15, 0.2) is 4.52 Å². The van der Waals surface area contributed by atoms with Gasteiger partial charge in [-0.3, -0.25) is 9.69 Å². The van der Waals surface area contributed by atoms with Crippen molar-refractivity contribution in [1.29, 1.82) is 0 Å². The normalized spacial score (nSPS) is 26.0. The molecule has 2 aliphatic heterocycles. The highest BCUT2D eigenvalue weighted by Crippen LogP contribution is 2.22. The van der Waals surface area contributed by atoms with Gasteiger partial charge in [0.1, 0.15) is 5.76 Å². The van der Waals surface area contributed by atoms with Gasteiger partial charge in [0, 0.05) is 25.1 Å². The summed E-state index contributed by atoms with van der Waals surface area (Å²) >= 11 is 0. The molecule has 2 aliphatic rings. The Labute approximate surface area is 131 Å². The number of nitrogens with zero attached hydrogens (tertiary/aromatic N) is 3. The first-order valence-electron chi connectivity index (χ1n) is 8.18. The second-order valence-electron chi connectivity index (χ2n) is 6.48. The maximum atomic E-state index is 12.4. The summed E-state index contributed by atoms with van der Waals surface area (Å²) in [5, 5.41) is 14.2. The van der Waals surface area contributed by atoms with Gasteiger partial charge >= 0.3 is 0 Å². The number of rotatable bonds is 4. The van der Waals surface area contributed by atoms with Crippen LogP contribution < -0.4 is 0 Å². The van der Waals surface area contributed by atoms with E-state index in [0.717, 1.165) is 30.1 Å². The van der Waals surface area contributed by atoms with Crippen molar-refractivity contribution >= 4 is 5.91 Å². The molecule has 122 valence electrons. The lowest BCUT2D eigenvalue weighted by atomic mass is 10.1. The van der Waals surface area contributed by atoms with Crippen LogP contribution in [-0.2, 0) is 11.2 Å². The van der Waals surface area contributed by atoms with E-state index in [1.807, 2.05) is 18.7 Å². The van der Waals surface area contributed by atoms with Crippen LogP contribution in [0.5, 0.6) is 0 Å². The quantitative estimate of drug-likeness (QED) is 0.894. The van der Waals surface area contributed by atoms with Gasteiger partial charge in [-0.05, 0) is 46.2 Å². The largest absolute Gasteiger partial charge is 0.390 e. The van der Waals surface area contributed by atoms with Crippen LogP contribution in [0.3, 0.4) is 0 Å². The summed E-state index contributed by atoms with van der Waals surface area (Å²) in [6.07, 6.45) is 3.08. The van der Waals surface area contributed by atoms with E-state index in [4.69, 9.17) is 4.52 Å². The second kappa shape index (κ2) is 6.38. The zero-order valence-electron chi connectivity index (χ0n) is 13.4. The molecule has 2 fully saturated rings. The van der Waals surface area contributed by atoms with Crippen molar-refractivity contribution < 1.29 is 14.4 Å². The molecule has 0 aliphatic carbocycles. The number of aromatic nitrogens is 1. The number of aliphatic hydroxyl groups is 1. The molecule has 0 radical (unpaired) electrons. The lowest BCUT2D eigenvalue weighted by Crippen LogP contribution is -2.41. The van der Waals surface area contributed by atoms with Crippen LogP contribution in [0.1, 0.15) is 36.3 Å². The Hall–Kier alpha value is -1.40. The van der Waals surface area contributed by atoms with Crippen molar-refractivity contribution in [3.63, 3.8) is 0 Å². The number of aliphatic hydroxyl groups excluding tert-OH is 1. The maximum absolute atomic E-state index is 12.4. The zero-order valence-corrected chi connectivity index (χ0v) is 13.4. The van der Waals surface area contributed by atoms with E-state index in [1.165, 1.54) is 12.8 Å². The van der Waals surface area contributed by atoms with Gasteiger partial charge in [-0.1, -0.05) is 5.16 Å². The van der Waals surface area contributed by atoms with Crippen LogP contribution in [0.25, 0.3) is 0 Å². The van der Waals surface area contributed by atoms with Crippen LogP contribution >= 0.6 is 0 Å². The van der Waals surface area contributed by atoms with E-state index in [9.17, 15) is 9.90 Å². The van der Waals surface area contributed by atoms with Crippen LogP contribution in [0, 0.1) is 13.8 Å². The number of hydrogen-bond donors (Lipinski definition) is 1. The average molecular weight is 307 g/mol. The highest BCUT2D eigenvalue weighted by atomic mass is 16.5. The van der Waals surface area contributed by atoms with Crippen LogP contribution in [-0.4, -0.2) is 64.3 Å². The fraction of sp³-hybridized carbons (Fsp3) is 0.750. The smallest absolute Gasteiger partial charge is 0.223 e. The molecule has 6 heteroatoms. The van der Waals surface area contributed by atoms with Gasteiger partial charge in [0.15, 0.2) is 0 Å². The third kappa shape index (κ3) is 3.03. The summed E-state index contributed by atoms with van der Waals surface area (Å²) in [7, 11) is 0. The molecule has 0 bridgehead atoms. The Morgan fingerprint density at radius 3 is 2.68 bits per heavy atom. The molecule has 1 aromatic rings. The summed E-state index contributed by atoms with van der Waals surface area (Å²) < 4.78 is 5.13. The first-order chi connectivity index (χ1) is 10.6. The fourth-order valence-corrected chi connectivity index (χ4v) is 3.65. The summed E-state index contributed by atoms with van der Waals surface area (Å²) in [5.74, 6) is 0.905. The molecular formula is C16H25N3O3. The summed E-state index contributed by atoms with van der Waals surface area (Å²) in [6, 6.07) is 0.116. The molecule has 0 saturated carbocycles. The molecule has 3 rings (SSSR count). The van der Waals surface area contributed by atoms with Gasteiger partial charge in [-0.25, -0.2) is 0 Å². The number of aryl methyl sites for hydroxylation is 2. The van der Waals surface area contributed by atoms with E-state index in [-0.39, 0.29) is 11.9 Å². The zero-order chi connectivity index (χ0) is 15.7. The third-order valence-corrected chi connectivity index (χ3v) is 4.99. The van der Waals surface area contributed by atoms with Crippen LogP contribution in [0.2, 0.25) is 0 Å². The molecule has 1 N–H and O–H groups in total. The lowest BCUT2D eigenvalue weighted by molar-refractivity contribution is -0.130. The van der Waals surface area contributed by atoms with Crippen molar-refractivity contribution in [2.45, 2.75) is 51.7 Å². The average Bonchev–Trinajstić information content (AvgIpc) is 3.19. The standard InChI is InChI=1S/C16H25N3O3/c1-11-13(12(2)22-17-11)5-6-16(21)19-9-14(15(20)10-19)18-7-3-4-8-18/h14-15,20H,3-10H2,1-2H3/t14-,15-/m1/s1. The maximum Gasteiger partial charge on any atom is 0.223 e. The minimum absolute atomic E-state index is 0.112. The molecule has 3 heterocycles. The van der Waals surface area contributed by atoms with Crippen LogP contribution in [0.4, 0.5) is 0 Å². The summed E-state index contributed by atoms with van der Waals surface area (Å²) in [6.45, 7) is 6.98. The molecule has 2 atom stereocenters. The minimum Gasteiger partial charge on any atom is -0.390 e. The monoisotopic (exact) mass is 307 g/mol. The summed E-state index contributed by atoms with van der Waals surface area (Å²) in [4.78, 5) is 16.6. The molecular weight excluding hydrogens is 282 g/mol. The summed E-state index contributed by atoms with van der Waals surface area (Å²) in [5.41, 5.74) is 1.89. The molecule has 1 amide bonds. The molecule has 6 nitrogen and oxygen atoms in total. The molecule has 0 spiro atoms. The molecule has 1 aromatic heterocycles. The predicted molar refractivity (Wildman–Crippen MR) is 81.5 cm³/mol. The Morgan fingerprint density at radius 1 is 1.32 bits per heavy atom. The Bertz CT molecular complexity index is 517. The number of carbonyl (C=O) groups excluding carboxylic acids is 1. The van der Waals surface area contributed by atoms with Crippen molar-refractivity contribution in [3.8, 4) is 0 Å². The van der Waals surface area contributed by atoms with E-state index >= 15 is 0 Å².